The monoisotopic (exact) mass is 408 g/mol. The fourth-order valence-electron chi connectivity index (χ4n) is 8.83. The first-order chi connectivity index (χ1) is 13.3. The summed E-state index contributed by atoms with van der Waals surface area (Å²) in [5.74, 6) is 3.49. The zero-order valence-electron chi connectivity index (χ0n) is 17.8. The maximum atomic E-state index is 11.6. The van der Waals surface area contributed by atoms with Gasteiger partial charge >= 0.3 is 5.97 Å². The Morgan fingerprint density at radius 1 is 1.00 bits per heavy atom. The molecule has 0 aliphatic heterocycles. The Kier molecular flexibility index (Phi) is 5.86. The van der Waals surface area contributed by atoms with Gasteiger partial charge in [-0.1, -0.05) is 26.7 Å². The van der Waals surface area contributed by atoms with Crippen molar-refractivity contribution in [1.82, 2.24) is 0 Å². The van der Waals surface area contributed by atoms with Crippen LogP contribution in [-0.2, 0) is 4.79 Å². The van der Waals surface area contributed by atoms with Crippen molar-refractivity contribution in [2.45, 2.75) is 90.6 Å². The van der Waals surface area contributed by atoms with Crippen molar-refractivity contribution in [3.8, 4) is 0 Å². The summed E-state index contributed by atoms with van der Waals surface area (Å²) in [5.41, 5.74) is 0.679. The molecule has 160 valence electrons. The third-order valence-corrected chi connectivity index (χ3v) is 10.6. The largest absolute Gasteiger partial charge is 0.481 e. The predicted octanol–water partition coefficient (Wildman–Crippen LogP) is 5.42. The van der Waals surface area contributed by atoms with Gasteiger partial charge in [0.25, 0.3) is 0 Å². The van der Waals surface area contributed by atoms with E-state index >= 15 is 0 Å². The number of fused-ring (bicyclic) bond motifs is 5. The Hall–Kier alpha value is -0.220. The first-order valence-corrected chi connectivity index (χ1v) is 12.5. The third kappa shape index (κ3) is 3.16. The van der Waals surface area contributed by atoms with Gasteiger partial charge in [-0.3, -0.25) is 4.79 Å². The smallest absolute Gasteiger partial charge is 0.303 e. The van der Waals surface area contributed by atoms with Gasteiger partial charge in [-0.25, -0.2) is 0 Å². The van der Waals surface area contributed by atoms with Crippen molar-refractivity contribution in [3.63, 3.8) is 0 Å². The Morgan fingerprint density at radius 3 is 2.46 bits per heavy atom. The second kappa shape index (κ2) is 7.80. The molecule has 0 radical (unpaired) electrons. The van der Waals surface area contributed by atoms with Crippen molar-refractivity contribution in [1.29, 1.82) is 0 Å². The van der Waals surface area contributed by atoms with Gasteiger partial charge in [0.15, 0.2) is 0 Å². The highest BCUT2D eigenvalue weighted by atomic mass is 32.1. The van der Waals surface area contributed by atoms with E-state index in [1.165, 1.54) is 51.4 Å². The molecule has 9 atom stereocenters. The van der Waals surface area contributed by atoms with Crippen LogP contribution in [0.1, 0.15) is 84.5 Å². The van der Waals surface area contributed by atoms with Crippen LogP contribution in [0.3, 0.4) is 0 Å². The van der Waals surface area contributed by atoms with Gasteiger partial charge in [-0.05, 0) is 103 Å². The van der Waals surface area contributed by atoms with Crippen molar-refractivity contribution in [2.75, 3.05) is 5.75 Å². The predicted molar refractivity (Wildman–Crippen MR) is 115 cm³/mol. The fraction of sp³-hybridized carbons (Fsp3) is 0.958. The van der Waals surface area contributed by atoms with E-state index in [0.29, 0.717) is 52.8 Å². The van der Waals surface area contributed by atoms with E-state index in [4.69, 9.17) is 17.7 Å². The zero-order chi connectivity index (χ0) is 20.1. The van der Waals surface area contributed by atoms with Crippen LogP contribution in [0, 0.1) is 46.3 Å². The molecule has 0 spiro atoms. The minimum absolute atomic E-state index is 0.193. The summed E-state index contributed by atoms with van der Waals surface area (Å²) in [6.07, 6.45) is 12.2. The highest BCUT2D eigenvalue weighted by molar-refractivity contribution is 7.80. The lowest BCUT2D eigenvalue weighted by atomic mass is 9.42. The van der Waals surface area contributed by atoms with Gasteiger partial charge in [-0.15, -0.1) is 0 Å². The second-order valence-corrected chi connectivity index (χ2v) is 11.5. The number of carboxylic acid groups (broad SMARTS) is 1. The van der Waals surface area contributed by atoms with Crippen LogP contribution in [0.2, 0.25) is 0 Å². The third-order valence-electron chi connectivity index (χ3n) is 10.2. The first-order valence-electron chi connectivity index (χ1n) is 11.8. The quantitative estimate of drug-likeness (QED) is 0.533. The SMILES string of the molecule is CC12CCC3C(C1CC[C@@H]2CCCC(=O)O)[C@H](O)[C@H](CS)C1CCCC[C@]31C. The summed E-state index contributed by atoms with van der Waals surface area (Å²) in [6.45, 7) is 5.03. The average molecular weight is 409 g/mol. The van der Waals surface area contributed by atoms with Crippen molar-refractivity contribution in [3.05, 3.63) is 0 Å². The molecule has 4 aliphatic carbocycles. The van der Waals surface area contributed by atoms with E-state index in [-0.39, 0.29) is 6.10 Å². The molecule has 28 heavy (non-hydrogen) atoms. The Bertz CT molecular complexity index is 594. The lowest BCUT2D eigenvalue weighted by Crippen LogP contribution is -2.61. The molecule has 4 aliphatic rings. The van der Waals surface area contributed by atoms with E-state index < -0.39 is 5.97 Å². The molecule has 0 aromatic heterocycles. The van der Waals surface area contributed by atoms with Crippen LogP contribution in [0.5, 0.6) is 0 Å². The van der Waals surface area contributed by atoms with Gasteiger partial charge in [0.05, 0.1) is 6.10 Å². The first kappa shape index (κ1) is 21.0. The molecule has 0 heterocycles. The lowest BCUT2D eigenvalue weighted by molar-refractivity contribution is -0.187. The van der Waals surface area contributed by atoms with E-state index in [1.807, 2.05) is 0 Å². The van der Waals surface area contributed by atoms with E-state index in [1.54, 1.807) is 0 Å². The summed E-state index contributed by atoms with van der Waals surface area (Å²) in [5, 5.41) is 20.6. The number of thiol groups is 1. The number of rotatable bonds is 5. The standard InChI is InChI=1S/C24H40O3S/c1-23-13-11-19-21(18(23)10-9-15(23)6-5-8-20(25)26)22(27)16(14-28)17-7-3-4-12-24(17,19)2/h15-19,21-22,27-28H,3-14H2,1-2H3,(H,25,26)/t15-,16+,17?,18?,19?,21?,22+,23?,24-/m0/s1. The topological polar surface area (TPSA) is 57.5 Å². The molecule has 0 aromatic rings. The molecule has 0 bridgehead atoms. The number of aliphatic hydroxyl groups is 1. The molecule has 4 rings (SSSR count). The van der Waals surface area contributed by atoms with Gasteiger partial charge in [0.2, 0.25) is 0 Å². The zero-order valence-corrected chi connectivity index (χ0v) is 18.7. The second-order valence-electron chi connectivity index (χ2n) is 11.1. The number of hydrogen-bond donors (Lipinski definition) is 3. The maximum Gasteiger partial charge on any atom is 0.303 e. The Morgan fingerprint density at radius 2 is 1.75 bits per heavy atom. The van der Waals surface area contributed by atoms with Gasteiger partial charge in [0.1, 0.15) is 0 Å². The van der Waals surface area contributed by atoms with Gasteiger partial charge in [-0.2, -0.15) is 12.6 Å². The molecule has 4 heteroatoms. The van der Waals surface area contributed by atoms with Crippen LogP contribution < -0.4 is 0 Å². The van der Waals surface area contributed by atoms with Crippen LogP contribution >= 0.6 is 12.6 Å². The minimum atomic E-state index is -0.668. The van der Waals surface area contributed by atoms with Gasteiger partial charge < -0.3 is 10.2 Å². The van der Waals surface area contributed by atoms with Crippen LogP contribution in [0.15, 0.2) is 0 Å². The molecule has 4 fully saturated rings. The molecule has 5 unspecified atom stereocenters. The molecule has 0 saturated heterocycles. The molecular weight excluding hydrogens is 368 g/mol. The summed E-state index contributed by atoms with van der Waals surface area (Å²) in [4.78, 5) is 11.0. The molecular formula is C24H40O3S. The highest BCUT2D eigenvalue weighted by Gasteiger charge is 2.63. The Labute approximate surface area is 176 Å². The van der Waals surface area contributed by atoms with Crippen LogP contribution in [0.4, 0.5) is 0 Å². The number of aliphatic hydroxyl groups excluding tert-OH is 1. The van der Waals surface area contributed by atoms with Crippen molar-refractivity contribution >= 4 is 18.6 Å². The van der Waals surface area contributed by atoms with Crippen molar-refractivity contribution < 1.29 is 15.0 Å². The molecule has 2 N–H and O–H groups in total. The van der Waals surface area contributed by atoms with E-state index in [0.717, 1.165) is 18.6 Å². The number of carboxylic acids is 1. The maximum absolute atomic E-state index is 11.6. The van der Waals surface area contributed by atoms with Crippen molar-refractivity contribution in [2.24, 2.45) is 46.3 Å². The summed E-state index contributed by atoms with van der Waals surface area (Å²) in [6, 6.07) is 0. The molecule has 0 amide bonds. The summed E-state index contributed by atoms with van der Waals surface area (Å²) >= 11 is 4.72. The summed E-state index contributed by atoms with van der Waals surface area (Å²) in [7, 11) is 0. The van der Waals surface area contributed by atoms with Gasteiger partial charge in [0, 0.05) is 6.42 Å². The number of carbonyl (C=O) groups is 1. The highest BCUT2D eigenvalue weighted by Crippen LogP contribution is 2.68. The lowest BCUT2D eigenvalue weighted by Gasteiger charge is -2.64. The summed E-state index contributed by atoms with van der Waals surface area (Å²) < 4.78 is 0. The molecule has 4 saturated carbocycles. The molecule has 0 aromatic carbocycles. The Balaban J connectivity index is 1.59. The fourth-order valence-corrected chi connectivity index (χ4v) is 9.30. The molecule has 3 nitrogen and oxygen atoms in total. The minimum Gasteiger partial charge on any atom is -0.481 e. The number of aliphatic carboxylic acids is 1. The normalized spacial score (nSPS) is 50.5. The number of hydrogen-bond acceptors (Lipinski definition) is 3. The van der Waals surface area contributed by atoms with Crippen LogP contribution in [-0.4, -0.2) is 28.0 Å². The van der Waals surface area contributed by atoms with E-state index in [2.05, 4.69) is 13.8 Å². The van der Waals surface area contributed by atoms with Crippen LogP contribution in [0.25, 0.3) is 0 Å². The average Bonchev–Trinajstić information content (AvgIpc) is 2.99. The van der Waals surface area contributed by atoms with E-state index in [9.17, 15) is 9.90 Å².